The van der Waals surface area contributed by atoms with Gasteiger partial charge in [-0.25, -0.2) is 4.98 Å². The smallest absolute Gasteiger partial charge is 0.251 e. The van der Waals surface area contributed by atoms with Crippen molar-refractivity contribution in [3.63, 3.8) is 0 Å². The van der Waals surface area contributed by atoms with E-state index in [2.05, 4.69) is 4.98 Å². The summed E-state index contributed by atoms with van der Waals surface area (Å²) < 4.78 is 2.73. The van der Waals surface area contributed by atoms with Crippen LogP contribution in [0.5, 0.6) is 0 Å². The van der Waals surface area contributed by atoms with Crippen molar-refractivity contribution in [3.8, 4) is 0 Å². The zero-order chi connectivity index (χ0) is 13.4. The average Bonchev–Trinajstić information content (AvgIpc) is 2.78. The number of pyridine rings is 1. The predicted molar refractivity (Wildman–Crippen MR) is 78.6 cm³/mol. The Labute approximate surface area is 114 Å². The van der Waals surface area contributed by atoms with Crippen molar-refractivity contribution in [2.45, 2.75) is 13.5 Å². The number of nitrogen functional groups attached to an aromatic ring is 1. The zero-order valence-corrected chi connectivity index (χ0v) is 11.3. The molecule has 0 radical (unpaired) electrons. The topological polar surface area (TPSA) is 60.9 Å². The maximum absolute atomic E-state index is 11.9. The Kier molecular flexibility index (Phi) is 2.83. The van der Waals surface area contributed by atoms with Gasteiger partial charge < -0.3 is 10.3 Å². The van der Waals surface area contributed by atoms with Crippen LogP contribution in [0.3, 0.4) is 0 Å². The molecule has 0 spiro atoms. The van der Waals surface area contributed by atoms with Gasteiger partial charge in [0.15, 0.2) is 0 Å². The van der Waals surface area contributed by atoms with Gasteiger partial charge in [0.05, 0.1) is 22.4 Å². The summed E-state index contributed by atoms with van der Waals surface area (Å²) in [5.74, 6) is 0. The molecule has 2 N–H and O–H groups in total. The minimum absolute atomic E-state index is 0.0500. The van der Waals surface area contributed by atoms with Gasteiger partial charge >= 0.3 is 0 Å². The first-order valence-corrected chi connectivity index (χ1v) is 6.76. The number of thiazole rings is 1. The average molecular weight is 271 g/mol. The van der Waals surface area contributed by atoms with Crippen LogP contribution in [0.2, 0.25) is 0 Å². The van der Waals surface area contributed by atoms with Gasteiger partial charge in [-0.3, -0.25) is 4.79 Å². The molecule has 0 saturated carbocycles. The molecular weight excluding hydrogens is 258 g/mol. The monoisotopic (exact) mass is 271 g/mol. The molecule has 0 amide bonds. The summed E-state index contributed by atoms with van der Waals surface area (Å²) in [4.78, 5) is 16.4. The molecule has 0 bridgehead atoms. The number of hydrogen-bond acceptors (Lipinski definition) is 4. The molecule has 0 aliphatic rings. The minimum atomic E-state index is -0.0500. The highest BCUT2D eigenvalue weighted by atomic mass is 32.1. The molecule has 0 aliphatic heterocycles. The van der Waals surface area contributed by atoms with Crippen molar-refractivity contribution in [1.29, 1.82) is 0 Å². The van der Waals surface area contributed by atoms with Crippen LogP contribution in [-0.4, -0.2) is 9.55 Å². The summed E-state index contributed by atoms with van der Waals surface area (Å²) in [5.41, 5.74) is 8.20. The lowest BCUT2D eigenvalue weighted by atomic mass is 10.2. The maximum Gasteiger partial charge on any atom is 0.251 e. The fourth-order valence-electron chi connectivity index (χ4n) is 1.94. The fourth-order valence-corrected chi connectivity index (χ4v) is 2.91. The number of nitrogens with zero attached hydrogens (tertiary/aromatic N) is 2. The molecule has 4 nitrogen and oxygen atoms in total. The third kappa shape index (κ3) is 2.24. The molecule has 1 aromatic carbocycles. The molecule has 2 heterocycles. The molecule has 0 fully saturated rings. The van der Waals surface area contributed by atoms with E-state index >= 15 is 0 Å². The molecule has 0 saturated heterocycles. The number of fused-ring (bicyclic) bond motifs is 1. The highest BCUT2D eigenvalue weighted by Crippen LogP contribution is 2.22. The van der Waals surface area contributed by atoms with Gasteiger partial charge in [0.1, 0.15) is 5.01 Å². The van der Waals surface area contributed by atoms with Crippen molar-refractivity contribution < 1.29 is 0 Å². The second-order valence-corrected chi connectivity index (χ2v) is 5.57. The van der Waals surface area contributed by atoms with Gasteiger partial charge in [-0.1, -0.05) is 12.1 Å². The lowest BCUT2D eigenvalue weighted by molar-refractivity contribution is 0.755. The molecule has 0 aliphatic carbocycles. The van der Waals surface area contributed by atoms with E-state index in [0.29, 0.717) is 12.2 Å². The summed E-state index contributed by atoms with van der Waals surface area (Å²) in [6, 6.07) is 9.51. The Morgan fingerprint density at radius 2 is 2.16 bits per heavy atom. The standard InChI is InChI=1S/C14H13N3OS/c1-9-6-14(18)17(7-10(9)15)8-13-16-11-4-2-3-5-12(11)19-13/h2-7H,8,15H2,1H3. The van der Waals surface area contributed by atoms with E-state index < -0.39 is 0 Å². The number of aromatic nitrogens is 2. The highest BCUT2D eigenvalue weighted by Gasteiger charge is 2.06. The first kappa shape index (κ1) is 11.9. The molecule has 0 atom stereocenters. The molecule has 19 heavy (non-hydrogen) atoms. The molecule has 96 valence electrons. The van der Waals surface area contributed by atoms with E-state index in [-0.39, 0.29) is 5.56 Å². The normalized spacial score (nSPS) is 11.0. The summed E-state index contributed by atoms with van der Waals surface area (Å²) in [6.45, 7) is 2.29. The van der Waals surface area contributed by atoms with Crippen LogP contribution < -0.4 is 11.3 Å². The van der Waals surface area contributed by atoms with Crippen molar-refractivity contribution >= 4 is 27.2 Å². The Morgan fingerprint density at radius 1 is 1.37 bits per heavy atom. The summed E-state index contributed by atoms with van der Waals surface area (Å²) in [6.07, 6.45) is 1.68. The van der Waals surface area contributed by atoms with Crippen molar-refractivity contribution in [1.82, 2.24) is 9.55 Å². The summed E-state index contributed by atoms with van der Waals surface area (Å²) >= 11 is 1.60. The summed E-state index contributed by atoms with van der Waals surface area (Å²) in [5, 5.41) is 0.909. The lowest BCUT2D eigenvalue weighted by Gasteiger charge is -2.06. The number of hydrogen-bond donors (Lipinski definition) is 1. The molecule has 3 aromatic rings. The number of benzene rings is 1. The SMILES string of the molecule is Cc1cc(=O)n(Cc2nc3ccccc3s2)cc1N. The molecule has 2 aromatic heterocycles. The number of rotatable bonds is 2. The number of para-hydroxylation sites is 1. The predicted octanol–water partition coefficient (Wildman–Crippen LogP) is 2.40. The molecule has 3 rings (SSSR count). The Morgan fingerprint density at radius 3 is 2.95 bits per heavy atom. The van der Waals surface area contributed by atoms with Crippen LogP contribution in [0.4, 0.5) is 5.69 Å². The van der Waals surface area contributed by atoms with E-state index in [9.17, 15) is 4.79 Å². The third-order valence-corrected chi connectivity index (χ3v) is 4.04. The number of aryl methyl sites for hydroxylation is 1. The fraction of sp³-hybridized carbons (Fsp3) is 0.143. The quantitative estimate of drug-likeness (QED) is 0.778. The van der Waals surface area contributed by atoms with Crippen molar-refractivity contribution in [2.24, 2.45) is 0 Å². The highest BCUT2D eigenvalue weighted by molar-refractivity contribution is 7.18. The van der Waals surface area contributed by atoms with Crippen molar-refractivity contribution in [3.05, 3.63) is 57.5 Å². The van der Waals surface area contributed by atoms with Crippen LogP contribution >= 0.6 is 11.3 Å². The van der Waals surface area contributed by atoms with Crippen LogP contribution in [0.1, 0.15) is 10.6 Å². The second-order valence-electron chi connectivity index (χ2n) is 4.45. The first-order chi connectivity index (χ1) is 9.13. The Balaban J connectivity index is 2.01. The molecule has 5 heteroatoms. The summed E-state index contributed by atoms with van der Waals surface area (Å²) in [7, 11) is 0. The number of nitrogens with two attached hydrogens (primary N) is 1. The van der Waals surface area contributed by atoms with Gasteiger partial charge in [0.2, 0.25) is 0 Å². The van der Waals surface area contributed by atoms with E-state index in [1.54, 1.807) is 28.2 Å². The van der Waals surface area contributed by atoms with Crippen molar-refractivity contribution in [2.75, 3.05) is 5.73 Å². The van der Waals surface area contributed by atoms with Gasteiger partial charge in [-0.2, -0.15) is 0 Å². The van der Waals surface area contributed by atoms with Crippen LogP contribution in [0, 0.1) is 6.92 Å². The lowest BCUT2D eigenvalue weighted by Crippen LogP contribution is -2.20. The van der Waals surface area contributed by atoms with E-state index in [1.165, 1.54) is 0 Å². The third-order valence-electron chi connectivity index (χ3n) is 3.02. The van der Waals surface area contributed by atoms with Gasteiger partial charge in [-0.15, -0.1) is 11.3 Å². The molecular formula is C14H13N3OS. The zero-order valence-electron chi connectivity index (χ0n) is 10.5. The van der Waals surface area contributed by atoms with Crippen LogP contribution in [0.25, 0.3) is 10.2 Å². The molecule has 0 unspecified atom stereocenters. The van der Waals surface area contributed by atoms with Gasteiger partial charge in [-0.05, 0) is 24.6 Å². The second kappa shape index (κ2) is 4.51. The Hall–Kier alpha value is -2.14. The Bertz CT molecular complexity index is 771. The van der Waals surface area contributed by atoms with E-state index in [4.69, 9.17) is 5.73 Å². The van der Waals surface area contributed by atoms with E-state index in [0.717, 1.165) is 20.8 Å². The minimum Gasteiger partial charge on any atom is -0.397 e. The largest absolute Gasteiger partial charge is 0.397 e. The maximum atomic E-state index is 11.9. The number of anilines is 1. The van der Waals surface area contributed by atoms with Crippen LogP contribution in [-0.2, 0) is 6.54 Å². The van der Waals surface area contributed by atoms with E-state index in [1.807, 2.05) is 31.2 Å². The van der Waals surface area contributed by atoms with Gasteiger partial charge in [0.25, 0.3) is 5.56 Å². The van der Waals surface area contributed by atoms with Gasteiger partial charge in [0, 0.05) is 12.3 Å². The first-order valence-electron chi connectivity index (χ1n) is 5.94. The van der Waals surface area contributed by atoms with Crippen LogP contribution in [0.15, 0.2) is 41.3 Å².